The van der Waals surface area contributed by atoms with Crippen LogP contribution < -0.4 is 0 Å². The number of rotatable bonds is 3. The molecule has 0 saturated carbocycles. The third-order valence-electron chi connectivity index (χ3n) is 3.22. The van der Waals surface area contributed by atoms with Gasteiger partial charge in [-0.25, -0.2) is 0 Å². The maximum absolute atomic E-state index is 10.3. The summed E-state index contributed by atoms with van der Waals surface area (Å²) in [5, 5.41) is 10.3. The largest absolute Gasteiger partial charge is 0.387 e. The monoisotopic (exact) mass is 221 g/mol. The van der Waals surface area contributed by atoms with E-state index in [9.17, 15) is 5.11 Å². The third kappa shape index (κ3) is 2.61. The second-order valence-electron chi connectivity index (χ2n) is 4.24. The molecule has 1 aliphatic heterocycles. The molecule has 0 amide bonds. The van der Waals surface area contributed by atoms with Crippen LogP contribution in [0.2, 0.25) is 0 Å². The number of nitrogens with zero attached hydrogens (tertiary/aromatic N) is 1. The Morgan fingerprint density at radius 1 is 1.19 bits per heavy atom. The Hall–Kier alpha value is -0.900. The van der Waals surface area contributed by atoms with Crippen molar-refractivity contribution in [2.24, 2.45) is 0 Å². The van der Waals surface area contributed by atoms with Crippen molar-refractivity contribution in [3.05, 3.63) is 35.9 Å². The Bertz CT molecular complexity index is 309. The van der Waals surface area contributed by atoms with Gasteiger partial charge >= 0.3 is 0 Å². The van der Waals surface area contributed by atoms with Crippen LogP contribution in [0.15, 0.2) is 30.3 Å². The predicted molar refractivity (Wildman–Crippen MR) is 63.3 cm³/mol. The van der Waals surface area contributed by atoms with E-state index in [2.05, 4.69) is 11.8 Å². The van der Waals surface area contributed by atoms with Gasteiger partial charge in [0, 0.05) is 19.1 Å². The lowest BCUT2D eigenvalue weighted by Gasteiger charge is -2.35. The molecule has 88 valence electrons. The fourth-order valence-electron chi connectivity index (χ4n) is 2.11. The van der Waals surface area contributed by atoms with Gasteiger partial charge < -0.3 is 9.84 Å². The highest BCUT2D eigenvalue weighted by atomic mass is 16.5. The Balaban J connectivity index is 2.00. The van der Waals surface area contributed by atoms with Gasteiger partial charge in [0.25, 0.3) is 0 Å². The number of benzene rings is 1. The van der Waals surface area contributed by atoms with Gasteiger partial charge in [-0.1, -0.05) is 30.3 Å². The molecule has 1 aliphatic rings. The molecule has 0 aromatic heterocycles. The molecule has 1 fully saturated rings. The van der Waals surface area contributed by atoms with Crippen LogP contribution in [0.3, 0.4) is 0 Å². The van der Waals surface area contributed by atoms with E-state index in [0.717, 1.165) is 31.9 Å². The summed E-state index contributed by atoms with van der Waals surface area (Å²) in [6.07, 6.45) is -0.417. The lowest BCUT2D eigenvalue weighted by Crippen LogP contribution is -2.44. The topological polar surface area (TPSA) is 32.7 Å². The quantitative estimate of drug-likeness (QED) is 0.838. The molecule has 2 atom stereocenters. The highest BCUT2D eigenvalue weighted by Gasteiger charge is 2.24. The SMILES string of the molecule is CC([C@@H](O)c1ccccc1)N1CCOCC1. The summed E-state index contributed by atoms with van der Waals surface area (Å²) in [7, 11) is 0. The van der Waals surface area contributed by atoms with Crippen LogP contribution in [0.4, 0.5) is 0 Å². The summed E-state index contributed by atoms with van der Waals surface area (Å²) >= 11 is 0. The zero-order valence-electron chi connectivity index (χ0n) is 9.67. The van der Waals surface area contributed by atoms with E-state index < -0.39 is 6.10 Å². The minimum atomic E-state index is -0.417. The van der Waals surface area contributed by atoms with Crippen molar-refractivity contribution in [3.8, 4) is 0 Å². The summed E-state index contributed by atoms with van der Waals surface area (Å²) in [6, 6.07) is 9.99. The van der Waals surface area contributed by atoms with Gasteiger partial charge in [-0.2, -0.15) is 0 Å². The Morgan fingerprint density at radius 3 is 2.44 bits per heavy atom. The second kappa shape index (κ2) is 5.43. The Morgan fingerprint density at radius 2 is 1.81 bits per heavy atom. The van der Waals surface area contributed by atoms with Crippen molar-refractivity contribution >= 4 is 0 Å². The van der Waals surface area contributed by atoms with Crippen LogP contribution in [0, 0.1) is 0 Å². The Kier molecular flexibility index (Phi) is 3.93. The molecular weight excluding hydrogens is 202 g/mol. The van der Waals surface area contributed by atoms with Gasteiger partial charge in [-0.05, 0) is 12.5 Å². The van der Waals surface area contributed by atoms with Crippen molar-refractivity contribution in [1.29, 1.82) is 0 Å². The van der Waals surface area contributed by atoms with Crippen LogP contribution in [0.5, 0.6) is 0 Å². The molecule has 2 rings (SSSR count). The molecule has 1 N–H and O–H groups in total. The van der Waals surface area contributed by atoms with E-state index in [1.807, 2.05) is 30.3 Å². The van der Waals surface area contributed by atoms with Crippen molar-refractivity contribution in [3.63, 3.8) is 0 Å². The highest BCUT2D eigenvalue weighted by molar-refractivity contribution is 5.18. The molecule has 0 radical (unpaired) electrons. The molecule has 1 aromatic carbocycles. The summed E-state index contributed by atoms with van der Waals surface area (Å²) in [6.45, 7) is 5.43. The fraction of sp³-hybridized carbons (Fsp3) is 0.538. The summed E-state index contributed by atoms with van der Waals surface area (Å²) in [5.41, 5.74) is 0.987. The standard InChI is InChI=1S/C13H19NO2/c1-11(14-7-9-16-10-8-14)13(15)12-5-3-2-4-6-12/h2-6,11,13,15H,7-10H2,1H3/t11?,13-/m1/s1. The highest BCUT2D eigenvalue weighted by Crippen LogP contribution is 2.21. The molecule has 0 spiro atoms. The van der Waals surface area contributed by atoms with Gasteiger partial charge in [0.1, 0.15) is 0 Å². The number of hydrogen-bond donors (Lipinski definition) is 1. The number of aliphatic hydroxyl groups is 1. The molecule has 0 bridgehead atoms. The predicted octanol–water partition coefficient (Wildman–Crippen LogP) is 1.44. The lowest BCUT2D eigenvalue weighted by atomic mass is 10.0. The maximum Gasteiger partial charge on any atom is 0.0942 e. The molecule has 1 unspecified atom stereocenters. The van der Waals surface area contributed by atoms with Crippen LogP contribution in [-0.2, 0) is 4.74 Å². The van der Waals surface area contributed by atoms with Crippen LogP contribution >= 0.6 is 0 Å². The third-order valence-corrected chi connectivity index (χ3v) is 3.22. The van der Waals surface area contributed by atoms with E-state index >= 15 is 0 Å². The van der Waals surface area contributed by atoms with Gasteiger partial charge in [0.2, 0.25) is 0 Å². The summed E-state index contributed by atoms with van der Waals surface area (Å²) in [4.78, 5) is 2.28. The second-order valence-corrected chi connectivity index (χ2v) is 4.24. The first kappa shape index (κ1) is 11.6. The number of ether oxygens (including phenoxy) is 1. The Labute approximate surface area is 96.6 Å². The minimum absolute atomic E-state index is 0.145. The van der Waals surface area contributed by atoms with E-state index in [-0.39, 0.29) is 6.04 Å². The average Bonchev–Trinajstić information content (AvgIpc) is 2.39. The van der Waals surface area contributed by atoms with E-state index in [4.69, 9.17) is 4.74 Å². The maximum atomic E-state index is 10.3. The number of aliphatic hydroxyl groups excluding tert-OH is 1. The normalized spacial score (nSPS) is 21.6. The zero-order chi connectivity index (χ0) is 11.4. The number of hydrogen-bond acceptors (Lipinski definition) is 3. The minimum Gasteiger partial charge on any atom is -0.387 e. The molecule has 3 nitrogen and oxygen atoms in total. The van der Waals surface area contributed by atoms with E-state index in [1.165, 1.54) is 0 Å². The van der Waals surface area contributed by atoms with Gasteiger partial charge in [-0.15, -0.1) is 0 Å². The summed E-state index contributed by atoms with van der Waals surface area (Å²) in [5.74, 6) is 0. The van der Waals surface area contributed by atoms with E-state index in [1.54, 1.807) is 0 Å². The first-order chi connectivity index (χ1) is 7.79. The fourth-order valence-corrected chi connectivity index (χ4v) is 2.11. The van der Waals surface area contributed by atoms with E-state index in [0.29, 0.717) is 0 Å². The molecular formula is C13H19NO2. The molecule has 3 heteroatoms. The zero-order valence-corrected chi connectivity index (χ0v) is 9.67. The molecule has 0 aliphatic carbocycles. The smallest absolute Gasteiger partial charge is 0.0942 e. The lowest BCUT2D eigenvalue weighted by molar-refractivity contribution is -0.0166. The average molecular weight is 221 g/mol. The summed E-state index contributed by atoms with van der Waals surface area (Å²) < 4.78 is 5.31. The van der Waals surface area contributed by atoms with Gasteiger partial charge in [0.05, 0.1) is 19.3 Å². The molecule has 16 heavy (non-hydrogen) atoms. The van der Waals surface area contributed by atoms with Crippen molar-refractivity contribution in [2.75, 3.05) is 26.3 Å². The van der Waals surface area contributed by atoms with Crippen LogP contribution in [-0.4, -0.2) is 42.4 Å². The van der Waals surface area contributed by atoms with Gasteiger partial charge in [0.15, 0.2) is 0 Å². The first-order valence-electron chi connectivity index (χ1n) is 5.84. The molecule has 1 saturated heterocycles. The van der Waals surface area contributed by atoms with Crippen molar-refractivity contribution < 1.29 is 9.84 Å². The molecule has 1 heterocycles. The van der Waals surface area contributed by atoms with Crippen molar-refractivity contribution in [2.45, 2.75) is 19.1 Å². The van der Waals surface area contributed by atoms with Crippen LogP contribution in [0.25, 0.3) is 0 Å². The van der Waals surface area contributed by atoms with Crippen molar-refractivity contribution in [1.82, 2.24) is 4.90 Å². The molecule has 1 aromatic rings. The number of morpholine rings is 1. The van der Waals surface area contributed by atoms with Crippen LogP contribution in [0.1, 0.15) is 18.6 Å². The van der Waals surface area contributed by atoms with Gasteiger partial charge in [-0.3, -0.25) is 4.90 Å². The first-order valence-corrected chi connectivity index (χ1v) is 5.84.